The average Bonchev–Trinajstić information content (AvgIpc) is 2.87. The fourth-order valence-corrected chi connectivity index (χ4v) is 3.24. The van der Waals surface area contributed by atoms with Crippen LogP contribution in [0.2, 0.25) is 0 Å². The summed E-state index contributed by atoms with van der Waals surface area (Å²) in [5, 5.41) is 35.2. The van der Waals surface area contributed by atoms with Crippen LogP contribution < -0.4 is 31.4 Å². The van der Waals surface area contributed by atoms with Gasteiger partial charge in [0, 0.05) is 19.2 Å². The van der Waals surface area contributed by atoms with Gasteiger partial charge in [-0.1, -0.05) is 0 Å². The van der Waals surface area contributed by atoms with Gasteiger partial charge in [0.15, 0.2) is 11.2 Å². The molecule has 0 aliphatic heterocycles. The second kappa shape index (κ2) is 12.1. The number of nitrogen functional groups attached to an aromatic ring is 1. The van der Waals surface area contributed by atoms with E-state index >= 15 is 0 Å². The highest BCUT2D eigenvalue weighted by Crippen LogP contribution is 2.24. The predicted octanol–water partition coefficient (Wildman–Crippen LogP) is 2.00. The average molecular weight is 511 g/mol. The molecule has 0 saturated carbocycles. The highest BCUT2D eigenvalue weighted by Gasteiger charge is 2.16. The maximum Gasteiger partial charge on any atom is 0.337 e. The molecule has 3 aromatic rings. The van der Waals surface area contributed by atoms with Crippen molar-refractivity contribution >= 4 is 29.2 Å². The molecule has 0 atom stereocenters. The Labute approximate surface area is 210 Å². The van der Waals surface area contributed by atoms with Crippen LogP contribution in [0.25, 0.3) is 0 Å². The quantitative estimate of drug-likeness (QED) is 0.154. The van der Waals surface area contributed by atoms with E-state index in [0.29, 0.717) is 43.2 Å². The maximum atomic E-state index is 12.5. The molecule has 2 aromatic carbocycles. The number of aromatic nitrogens is 2. The molecule has 7 N–H and O–H groups in total. The van der Waals surface area contributed by atoms with Crippen molar-refractivity contribution in [3.05, 3.63) is 70.8 Å². The first-order chi connectivity index (χ1) is 17.7. The largest absolute Gasteiger partial charge is 0.494 e. The molecule has 13 heteroatoms. The molecule has 194 valence electrons. The molecular weight excluding hydrogens is 484 g/mol. The third-order valence-corrected chi connectivity index (χ3v) is 5.13. The maximum absolute atomic E-state index is 12.5. The minimum absolute atomic E-state index is 0.0174. The minimum atomic E-state index is -1.24. The highest BCUT2D eigenvalue weighted by molar-refractivity contribution is 6.06. The zero-order valence-electron chi connectivity index (χ0n) is 19.9. The minimum Gasteiger partial charge on any atom is -0.494 e. The van der Waals surface area contributed by atoms with Gasteiger partial charge in [-0.3, -0.25) is 10.2 Å². The lowest BCUT2D eigenvalue weighted by Crippen LogP contribution is -2.31. The summed E-state index contributed by atoms with van der Waals surface area (Å²) in [4.78, 5) is 36.0. The second-order valence-electron chi connectivity index (χ2n) is 7.68. The zero-order chi connectivity index (χ0) is 26.9. The summed E-state index contributed by atoms with van der Waals surface area (Å²) in [6.07, 6.45) is 1.26. The Kier molecular flexibility index (Phi) is 8.65. The van der Waals surface area contributed by atoms with E-state index in [1.165, 1.54) is 36.4 Å². The number of ether oxygens (including phenoxy) is 2. The number of nitrogens with zero attached hydrogens (tertiary/aromatic N) is 2. The lowest BCUT2D eigenvalue weighted by Gasteiger charge is -2.12. The molecule has 0 spiro atoms. The SMILES string of the molecule is CNc1cc(OCCCCOc2ccc(C(=O)O)c(NC(=O)c3ccc(=N)n(N)n3)c2)ccc1C(=O)O. The molecule has 0 fully saturated rings. The van der Waals surface area contributed by atoms with Crippen molar-refractivity contribution in [1.29, 1.82) is 5.41 Å². The molecule has 0 bridgehead atoms. The van der Waals surface area contributed by atoms with Crippen LogP contribution in [0.15, 0.2) is 48.5 Å². The van der Waals surface area contributed by atoms with Crippen molar-refractivity contribution in [2.75, 3.05) is 36.7 Å². The van der Waals surface area contributed by atoms with E-state index in [9.17, 15) is 19.5 Å². The molecule has 0 saturated heterocycles. The van der Waals surface area contributed by atoms with E-state index in [1.807, 2.05) is 0 Å². The smallest absolute Gasteiger partial charge is 0.337 e. The number of carboxylic acid groups (broad SMARTS) is 2. The van der Waals surface area contributed by atoms with Crippen LogP contribution in [0.5, 0.6) is 11.5 Å². The van der Waals surface area contributed by atoms with Gasteiger partial charge in [0.2, 0.25) is 0 Å². The standard InChI is InChI=1S/C24H26N6O7/c1-27-19-12-14(4-6-16(19)23(32)33)36-10-2-3-11-37-15-5-7-17(24(34)35)20(13-15)28-22(31)18-8-9-21(25)30(26)29-18/h4-9,12-13,25,27H,2-3,10-11,26H2,1H3,(H,28,31)(H,32,33)(H,34,35). The molecule has 3 rings (SSSR count). The molecule has 1 heterocycles. The van der Waals surface area contributed by atoms with E-state index < -0.39 is 17.8 Å². The summed E-state index contributed by atoms with van der Waals surface area (Å²) in [6, 6.07) is 11.5. The van der Waals surface area contributed by atoms with Crippen molar-refractivity contribution < 1.29 is 34.1 Å². The first kappa shape index (κ1) is 26.5. The molecule has 37 heavy (non-hydrogen) atoms. The molecule has 0 radical (unpaired) electrons. The third kappa shape index (κ3) is 6.97. The van der Waals surface area contributed by atoms with Crippen molar-refractivity contribution in [2.45, 2.75) is 12.8 Å². The third-order valence-electron chi connectivity index (χ3n) is 5.13. The summed E-state index contributed by atoms with van der Waals surface area (Å²) in [7, 11) is 1.63. The van der Waals surface area contributed by atoms with Crippen LogP contribution in [0.1, 0.15) is 44.0 Å². The van der Waals surface area contributed by atoms with Gasteiger partial charge in [-0.25, -0.2) is 9.59 Å². The molecule has 1 amide bonds. The molecule has 0 aliphatic carbocycles. The van der Waals surface area contributed by atoms with Gasteiger partial charge < -0.3 is 36.2 Å². The van der Waals surface area contributed by atoms with Crippen molar-refractivity contribution in [3.8, 4) is 11.5 Å². The van der Waals surface area contributed by atoms with Gasteiger partial charge in [-0.2, -0.15) is 4.79 Å². The first-order valence-corrected chi connectivity index (χ1v) is 11.1. The van der Waals surface area contributed by atoms with E-state index in [4.69, 9.17) is 25.8 Å². The molecular formula is C24H26N6O7. The number of aromatic carboxylic acids is 2. The van der Waals surface area contributed by atoms with Gasteiger partial charge in [0.25, 0.3) is 5.91 Å². The Hall–Kier alpha value is -5.07. The Bertz CT molecular complexity index is 1370. The number of carbonyl (C=O) groups is 3. The molecule has 1 aromatic heterocycles. The van der Waals surface area contributed by atoms with E-state index in [0.717, 1.165) is 4.79 Å². The van der Waals surface area contributed by atoms with E-state index in [-0.39, 0.29) is 28.0 Å². The van der Waals surface area contributed by atoms with Crippen LogP contribution in [0.3, 0.4) is 0 Å². The first-order valence-electron chi connectivity index (χ1n) is 11.1. The van der Waals surface area contributed by atoms with E-state index in [1.54, 1.807) is 19.2 Å². The second-order valence-corrected chi connectivity index (χ2v) is 7.68. The normalized spacial score (nSPS) is 10.4. The summed E-state index contributed by atoms with van der Waals surface area (Å²) in [6.45, 7) is 0.687. The summed E-state index contributed by atoms with van der Waals surface area (Å²) >= 11 is 0. The van der Waals surface area contributed by atoms with Crippen molar-refractivity contribution in [1.82, 2.24) is 9.89 Å². The van der Waals surface area contributed by atoms with Gasteiger partial charge in [0.05, 0.1) is 35.7 Å². The number of hydrogen-bond acceptors (Lipinski definition) is 9. The monoisotopic (exact) mass is 510 g/mol. The summed E-state index contributed by atoms with van der Waals surface area (Å²) in [5.74, 6) is 3.42. The Morgan fingerprint density at radius 1 is 0.919 bits per heavy atom. The number of carboxylic acids is 2. The Morgan fingerprint density at radius 3 is 1.97 bits per heavy atom. The topological polar surface area (TPSA) is 202 Å². The number of nitrogens with one attached hydrogen (secondary N) is 3. The zero-order valence-corrected chi connectivity index (χ0v) is 19.9. The fraction of sp³-hybridized carbons (Fsp3) is 0.208. The summed E-state index contributed by atoms with van der Waals surface area (Å²) < 4.78 is 11.4. The lowest BCUT2D eigenvalue weighted by molar-refractivity contribution is 0.0687. The van der Waals surface area contributed by atoms with Crippen molar-refractivity contribution in [2.24, 2.45) is 0 Å². The van der Waals surface area contributed by atoms with Gasteiger partial charge in [-0.15, -0.1) is 5.10 Å². The van der Waals surface area contributed by atoms with Crippen LogP contribution in [0, 0.1) is 5.41 Å². The number of amides is 1. The Morgan fingerprint density at radius 2 is 1.46 bits per heavy atom. The van der Waals surface area contributed by atoms with Gasteiger partial charge in [0.1, 0.15) is 11.5 Å². The fourth-order valence-electron chi connectivity index (χ4n) is 3.24. The number of nitrogens with two attached hydrogens (primary N) is 1. The number of hydrogen-bond donors (Lipinski definition) is 6. The van der Waals surface area contributed by atoms with Crippen LogP contribution in [0.4, 0.5) is 11.4 Å². The van der Waals surface area contributed by atoms with Gasteiger partial charge >= 0.3 is 11.9 Å². The van der Waals surface area contributed by atoms with Crippen molar-refractivity contribution in [3.63, 3.8) is 0 Å². The Balaban J connectivity index is 1.54. The van der Waals surface area contributed by atoms with E-state index in [2.05, 4.69) is 15.7 Å². The van der Waals surface area contributed by atoms with Gasteiger partial charge in [-0.05, 0) is 49.2 Å². The number of anilines is 2. The highest BCUT2D eigenvalue weighted by atomic mass is 16.5. The van der Waals surface area contributed by atoms with Crippen LogP contribution >= 0.6 is 0 Å². The number of rotatable bonds is 12. The molecule has 0 unspecified atom stereocenters. The number of unbranched alkanes of at least 4 members (excludes halogenated alkanes) is 1. The number of benzene rings is 2. The lowest BCUT2D eigenvalue weighted by atomic mass is 10.1. The molecule has 13 nitrogen and oxygen atoms in total. The molecule has 0 aliphatic rings. The van der Waals surface area contributed by atoms with Crippen LogP contribution in [-0.2, 0) is 0 Å². The number of carbonyl (C=O) groups excluding carboxylic acids is 1. The summed E-state index contributed by atoms with van der Waals surface area (Å²) in [5.41, 5.74) is 0.277. The predicted molar refractivity (Wildman–Crippen MR) is 133 cm³/mol. The van der Waals surface area contributed by atoms with Crippen LogP contribution in [-0.4, -0.2) is 58.2 Å².